The summed E-state index contributed by atoms with van der Waals surface area (Å²) in [4.78, 5) is 30.9. The Hall–Kier alpha value is -2.99. The van der Waals surface area contributed by atoms with Gasteiger partial charge in [-0.2, -0.15) is 0 Å². The van der Waals surface area contributed by atoms with Crippen LogP contribution in [0.25, 0.3) is 16.3 Å². The van der Waals surface area contributed by atoms with E-state index in [0.717, 1.165) is 26.9 Å². The summed E-state index contributed by atoms with van der Waals surface area (Å²) >= 11 is 1.46. The lowest BCUT2D eigenvalue weighted by molar-refractivity contribution is -0.129. The summed E-state index contributed by atoms with van der Waals surface area (Å²) in [5.74, 6) is -0.248. The van der Waals surface area contributed by atoms with Crippen molar-refractivity contribution >= 4 is 44.6 Å². The van der Waals surface area contributed by atoms with E-state index < -0.39 is 0 Å². The summed E-state index contributed by atoms with van der Waals surface area (Å²) in [5.41, 5.74) is 4.00. The third kappa shape index (κ3) is 3.36. The molecule has 1 unspecified atom stereocenters. The molecule has 6 heteroatoms. The zero-order valence-electron chi connectivity index (χ0n) is 15.1. The molecule has 2 amide bonds. The van der Waals surface area contributed by atoms with Crippen molar-refractivity contribution in [3.05, 3.63) is 65.4 Å². The highest BCUT2D eigenvalue weighted by molar-refractivity contribution is 7.22. The highest BCUT2D eigenvalue weighted by Crippen LogP contribution is 2.34. The fourth-order valence-electron chi connectivity index (χ4n) is 3.40. The molecule has 0 spiro atoms. The average molecular weight is 377 g/mol. The molecule has 1 N–H and O–H groups in total. The van der Waals surface area contributed by atoms with Crippen molar-refractivity contribution in [1.29, 1.82) is 0 Å². The molecule has 1 aliphatic heterocycles. The normalized spacial score (nSPS) is 15.6. The zero-order valence-corrected chi connectivity index (χ0v) is 15.9. The second-order valence-corrected chi connectivity index (χ2v) is 7.61. The summed E-state index contributed by atoms with van der Waals surface area (Å²) < 4.78 is 1.04. The molecular weight excluding hydrogens is 358 g/mol. The van der Waals surface area contributed by atoms with Gasteiger partial charge >= 0.3 is 0 Å². The van der Waals surface area contributed by atoms with E-state index in [4.69, 9.17) is 0 Å². The molecule has 0 radical (unpaired) electrons. The Morgan fingerprint density at radius 1 is 1.19 bits per heavy atom. The molecule has 0 saturated carbocycles. The van der Waals surface area contributed by atoms with Gasteiger partial charge < -0.3 is 10.2 Å². The minimum Gasteiger partial charge on any atom is -0.311 e. The molecule has 1 aliphatic rings. The molecule has 27 heavy (non-hydrogen) atoms. The van der Waals surface area contributed by atoms with Crippen LogP contribution in [0.5, 0.6) is 0 Å². The number of hydrogen-bond donors (Lipinski definition) is 1. The number of thiazole rings is 1. The summed E-state index contributed by atoms with van der Waals surface area (Å²) in [6, 6.07) is 13.5. The topological polar surface area (TPSA) is 62.3 Å². The predicted octanol–water partition coefficient (Wildman–Crippen LogP) is 4.51. The molecular formula is C21H19N3O2S. The van der Waals surface area contributed by atoms with Gasteiger partial charge in [0.25, 0.3) is 0 Å². The maximum atomic E-state index is 12.7. The molecule has 1 atom stereocenters. The van der Waals surface area contributed by atoms with Crippen molar-refractivity contribution in [2.75, 3.05) is 5.32 Å². The minimum atomic E-state index is -0.320. The molecule has 1 aromatic heterocycles. The van der Waals surface area contributed by atoms with Crippen molar-refractivity contribution < 1.29 is 9.59 Å². The van der Waals surface area contributed by atoms with Crippen LogP contribution < -0.4 is 5.32 Å². The fourth-order valence-corrected chi connectivity index (χ4v) is 4.36. The van der Waals surface area contributed by atoms with Gasteiger partial charge in [0, 0.05) is 13.1 Å². The average Bonchev–Trinajstić information content (AvgIpc) is 3.05. The second kappa shape index (κ2) is 6.96. The predicted molar refractivity (Wildman–Crippen MR) is 108 cm³/mol. The summed E-state index contributed by atoms with van der Waals surface area (Å²) in [7, 11) is 0. The summed E-state index contributed by atoms with van der Waals surface area (Å²) in [6.07, 6.45) is 3.83. The van der Waals surface area contributed by atoms with Crippen molar-refractivity contribution in [2.24, 2.45) is 0 Å². The van der Waals surface area contributed by atoms with Gasteiger partial charge in [-0.1, -0.05) is 47.7 Å². The quantitative estimate of drug-likeness (QED) is 0.731. The van der Waals surface area contributed by atoms with Gasteiger partial charge in [0.1, 0.15) is 0 Å². The van der Waals surface area contributed by atoms with Crippen LogP contribution in [0.4, 0.5) is 5.13 Å². The number of para-hydroxylation sites is 1. The van der Waals surface area contributed by atoms with Crippen LogP contribution >= 0.6 is 11.3 Å². The van der Waals surface area contributed by atoms with E-state index in [1.807, 2.05) is 55.5 Å². The maximum Gasteiger partial charge on any atom is 0.228 e. The molecule has 0 bridgehead atoms. The first-order valence-corrected chi connectivity index (χ1v) is 9.56. The lowest BCUT2D eigenvalue weighted by atomic mass is 9.93. The number of carbonyl (C=O) groups excluding carboxylic acids is 2. The lowest BCUT2D eigenvalue weighted by Crippen LogP contribution is -2.33. The number of amides is 2. The fraction of sp³-hybridized carbons (Fsp3) is 0.190. The van der Waals surface area contributed by atoms with E-state index in [0.29, 0.717) is 5.13 Å². The Kier molecular flexibility index (Phi) is 4.49. The maximum absolute atomic E-state index is 12.7. The van der Waals surface area contributed by atoms with Crippen molar-refractivity contribution in [3.63, 3.8) is 0 Å². The second-order valence-electron chi connectivity index (χ2n) is 6.58. The molecule has 2 heterocycles. The lowest BCUT2D eigenvalue weighted by Gasteiger charge is -2.32. The van der Waals surface area contributed by atoms with Crippen LogP contribution in [0.1, 0.15) is 36.1 Å². The minimum absolute atomic E-state index is 0.0887. The first kappa shape index (κ1) is 17.4. The van der Waals surface area contributed by atoms with Crippen molar-refractivity contribution in [3.8, 4) is 0 Å². The number of aryl methyl sites for hydroxylation is 1. The first-order chi connectivity index (χ1) is 13.0. The van der Waals surface area contributed by atoms with E-state index in [2.05, 4.69) is 10.3 Å². The Morgan fingerprint density at radius 3 is 2.78 bits per heavy atom. The van der Waals surface area contributed by atoms with E-state index in [1.54, 1.807) is 11.1 Å². The number of nitrogens with one attached hydrogen (secondary N) is 1. The summed E-state index contributed by atoms with van der Waals surface area (Å²) in [5, 5.41) is 3.48. The molecule has 2 aromatic carbocycles. The highest BCUT2D eigenvalue weighted by Gasteiger charge is 2.28. The van der Waals surface area contributed by atoms with E-state index >= 15 is 0 Å². The van der Waals surface area contributed by atoms with Crippen LogP contribution in [-0.2, 0) is 9.59 Å². The van der Waals surface area contributed by atoms with Crippen LogP contribution in [0.3, 0.4) is 0 Å². The monoisotopic (exact) mass is 377 g/mol. The molecule has 4 rings (SSSR count). The number of benzene rings is 2. The van der Waals surface area contributed by atoms with Crippen LogP contribution in [0, 0.1) is 6.92 Å². The third-order valence-electron chi connectivity index (χ3n) is 4.71. The summed E-state index contributed by atoms with van der Waals surface area (Å²) in [6.45, 7) is 3.52. The molecule has 3 aromatic rings. The smallest absolute Gasteiger partial charge is 0.228 e. The van der Waals surface area contributed by atoms with Crippen molar-refractivity contribution in [2.45, 2.75) is 26.3 Å². The van der Waals surface area contributed by atoms with Gasteiger partial charge in [-0.05, 0) is 35.8 Å². The first-order valence-electron chi connectivity index (χ1n) is 8.75. The van der Waals surface area contributed by atoms with Gasteiger partial charge in [-0.15, -0.1) is 0 Å². The van der Waals surface area contributed by atoms with Crippen LogP contribution in [0.2, 0.25) is 0 Å². The largest absolute Gasteiger partial charge is 0.311 e. The van der Waals surface area contributed by atoms with Gasteiger partial charge in [0.15, 0.2) is 5.13 Å². The SMILES string of the molecule is CC(=O)N1C=Cc2ccccc2C1CC(=O)Nc1nc2c(C)cccc2s1. The van der Waals surface area contributed by atoms with E-state index in [-0.39, 0.29) is 24.3 Å². The standard InChI is InChI=1S/C21H19N3O2S/c1-13-6-5-9-18-20(13)23-21(27-18)22-19(26)12-17-16-8-4-3-7-15(16)10-11-24(17)14(2)25/h3-11,17H,12H2,1-2H3,(H,22,23,26). The Balaban J connectivity index is 1.57. The Bertz CT molecular complexity index is 1070. The number of aromatic nitrogens is 1. The number of anilines is 1. The molecule has 0 fully saturated rings. The number of carbonyl (C=O) groups is 2. The Labute approximate surface area is 161 Å². The van der Waals surface area contributed by atoms with E-state index in [9.17, 15) is 9.59 Å². The highest BCUT2D eigenvalue weighted by atomic mass is 32.1. The van der Waals surface area contributed by atoms with Gasteiger partial charge in [-0.3, -0.25) is 9.59 Å². The Morgan fingerprint density at radius 2 is 2.00 bits per heavy atom. The van der Waals surface area contributed by atoms with Gasteiger partial charge in [-0.25, -0.2) is 4.98 Å². The van der Waals surface area contributed by atoms with Crippen molar-refractivity contribution in [1.82, 2.24) is 9.88 Å². The number of fused-ring (bicyclic) bond motifs is 2. The van der Waals surface area contributed by atoms with E-state index in [1.165, 1.54) is 18.3 Å². The third-order valence-corrected chi connectivity index (χ3v) is 5.65. The molecule has 0 saturated heterocycles. The molecule has 136 valence electrons. The number of hydrogen-bond acceptors (Lipinski definition) is 4. The van der Waals surface area contributed by atoms with Gasteiger partial charge in [0.2, 0.25) is 11.8 Å². The zero-order chi connectivity index (χ0) is 19.0. The van der Waals surface area contributed by atoms with Crippen LogP contribution in [-0.4, -0.2) is 21.7 Å². The van der Waals surface area contributed by atoms with Gasteiger partial charge in [0.05, 0.1) is 22.7 Å². The molecule has 0 aliphatic carbocycles. The number of nitrogens with zero attached hydrogens (tertiary/aromatic N) is 2. The number of rotatable bonds is 3. The molecule has 5 nitrogen and oxygen atoms in total. The van der Waals surface area contributed by atoms with Crippen LogP contribution in [0.15, 0.2) is 48.7 Å².